The van der Waals surface area contributed by atoms with Crippen molar-refractivity contribution in [3.05, 3.63) is 58.6 Å². The van der Waals surface area contributed by atoms with Gasteiger partial charge in [0.05, 0.1) is 13.1 Å². The number of nitrogens with one attached hydrogen (secondary N) is 2. The van der Waals surface area contributed by atoms with Crippen LogP contribution in [0.4, 0.5) is 0 Å². The van der Waals surface area contributed by atoms with Gasteiger partial charge in [0.25, 0.3) is 0 Å². The van der Waals surface area contributed by atoms with Crippen molar-refractivity contribution in [2.24, 2.45) is 4.99 Å². The fourth-order valence-corrected chi connectivity index (χ4v) is 3.12. The summed E-state index contributed by atoms with van der Waals surface area (Å²) in [6, 6.07) is 10.0. The molecule has 0 fully saturated rings. The second kappa shape index (κ2) is 10.2. The van der Waals surface area contributed by atoms with Crippen molar-refractivity contribution < 1.29 is 0 Å². The third-order valence-electron chi connectivity index (χ3n) is 3.65. The Morgan fingerprint density at radius 1 is 1.19 bits per heavy atom. The van der Waals surface area contributed by atoms with Crippen LogP contribution < -0.4 is 10.6 Å². The van der Waals surface area contributed by atoms with Crippen LogP contribution in [0.2, 0.25) is 0 Å². The van der Waals surface area contributed by atoms with Crippen LogP contribution in [0.3, 0.4) is 0 Å². The van der Waals surface area contributed by atoms with Crippen LogP contribution in [0.5, 0.6) is 0 Å². The molecule has 0 saturated heterocycles. The Morgan fingerprint density at radius 3 is 2.65 bits per heavy atom. The summed E-state index contributed by atoms with van der Waals surface area (Å²) in [5.41, 5.74) is 1.03. The second-order valence-corrected chi connectivity index (χ2v) is 6.51. The van der Waals surface area contributed by atoms with E-state index in [0.717, 1.165) is 22.9 Å². The van der Waals surface area contributed by atoms with Gasteiger partial charge in [-0.05, 0) is 18.6 Å². The lowest BCUT2D eigenvalue weighted by Crippen LogP contribution is -2.36. The maximum atomic E-state index is 4.40. The van der Waals surface area contributed by atoms with Crippen molar-refractivity contribution in [3.8, 4) is 5.69 Å². The molecule has 3 rings (SSSR count). The molecule has 0 atom stereocenters. The molecule has 138 valence electrons. The lowest BCUT2D eigenvalue weighted by molar-refractivity contribution is 0.752. The molecule has 2 heterocycles. The summed E-state index contributed by atoms with van der Waals surface area (Å²) in [4.78, 5) is 9.94. The molecule has 1 aromatic carbocycles. The summed E-state index contributed by atoms with van der Waals surface area (Å²) >= 11 is 1.72. The first-order valence-corrected chi connectivity index (χ1v) is 8.94. The highest BCUT2D eigenvalue weighted by Gasteiger charge is 2.08. The largest absolute Gasteiger partial charge is 0.350 e. The predicted octanol–water partition coefficient (Wildman–Crippen LogP) is 2.77. The normalized spacial score (nSPS) is 11.1. The fourth-order valence-electron chi connectivity index (χ4n) is 2.32. The molecular weight excluding hydrogens is 461 g/mol. The second-order valence-electron chi connectivity index (χ2n) is 5.31. The van der Waals surface area contributed by atoms with E-state index < -0.39 is 0 Å². The summed E-state index contributed by atoms with van der Waals surface area (Å²) in [7, 11) is 1.75. The lowest BCUT2D eigenvalue weighted by Gasteiger charge is -2.11. The lowest BCUT2D eigenvalue weighted by atomic mass is 10.3. The standard InChI is InChI=1S/C17H21N7S.HI/c1-3-14-9-19-16(25-14)11-21-17(18-2)20-10-15-23-22-12-24(15)13-7-5-4-6-8-13;/h4-9,12H,3,10-11H2,1-2H3,(H2,18,20,21);1H. The van der Waals surface area contributed by atoms with Gasteiger partial charge in [0, 0.05) is 23.8 Å². The first-order chi connectivity index (χ1) is 12.3. The van der Waals surface area contributed by atoms with E-state index in [1.165, 1.54) is 4.88 Å². The van der Waals surface area contributed by atoms with Gasteiger partial charge in [0.15, 0.2) is 11.8 Å². The zero-order valence-electron chi connectivity index (χ0n) is 14.7. The molecule has 0 radical (unpaired) electrons. The summed E-state index contributed by atoms with van der Waals surface area (Å²) in [5.74, 6) is 1.52. The van der Waals surface area contributed by atoms with Crippen LogP contribution in [0.25, 0.3) is 5.69 Å². The van der Waals surface area contributed by atoms with Gasteiger partial charge in [-0.2, -0.15) is 0 Å². The fraction of sp³-hybridized carbons (Fsp3) is 0.294. The molecule has 26 heavy (non-hydrogen) atoms. The monoisotopic (exact) mass is 483 g/mol. The Bertz CT molecular complexity index is 829. The summed E-state index contributed by atoms with van der Waals surface area (Å²) in [6.07, 6.45) is 4.66. The third kappa shape index (κ3) is 5.24. The van der Waals surface area contributed by atoms with E-state index in [9.17, 15) is 0 Å². The highest BCUT2D eigenvalue weighted by atomic mass is 127. The van der Waals surface area contributed by atoms with E-state index in [0.29, 0.717) is 19.0 Å². The summed E-state index contributed by atoms with van der Waals surface area (Å²) < 4.78 is 1.95. The van der Waals surface area contributed by atoms with E-state index in [4.69, 9.17) is 0 Å². The number of benzene rings is 1. The van der Waals surface area contributed by atoms with Gasteiger partial charge in [0.1, 0.15) is 11.3 Å². The highest BCUT2D eigenvalue weighted by molar-refractivity contribution is 14.0. The van der Waals surface area contributed by atoms with Crippen LogP contribution in [-0.4, -0.2) is 32.8 Å². The smallest absolute Gasteiger partial charge is 0.191 e. The molecule has 0 aliphatic rings. The van der Waals surface area contributed by atoms with Crippen molar-refractivity contribution >= 4 is 41.3 Å². The third-order valence-corrected chi connectivity index (χ3v) is 4.79. The first-order valence-electron chi connectivity index (χ1n) is 8.12. The minimum absolute atomic E-state index is 0. The molecular formula is C17H22IN7S. The number of hydrogen-bond acceptors (Lipinski definition) is 5. The van der Waals surface area contributed by atoms with E-state index in [1.807, 2.05) is 41.1 Å². The van der Waals surface area contributed by atoms with Crippen LogP contribution in [0.1, 0.15) is 22.6 Å². The topological polar surface area (TPSA) is 80.0 Å². The molecule has 0 aliphatic heterocycles. The average Bonchev–Trinajstić information content (AvgIpc) is 3.31. The van der Waals surface area contributed by atoms with Crippen molar-refractivity contribution in [1.29, 1.82) is 0 Å². The van der Waals surface area contributed by atoms with E-state index >= 15 is 0 Å². The Hall–Kier alpha value is -2.01. The molecule has 7 nitrogen and oxygen atoms in total. The Labute approximate surface area is 174 Å². The Kier molecular flexibility index (Phi) is 7.98. The molecule has 2 N–H and O–H groups in total. The number of hydrogen-bond donors (Lipinski definition) is 2. The predicted molar refractivity (Wildman–Crippen MR) is 115 cm³/mol. The number of thiazole rings is 1. The molecule has 3 aromatic rings. The molecule has 0 amide bonds. The number of nitrogens with zero attached hydrogens (tertiary/aromatic N) is 5. The zero-order valence-corrected chi connectivity index (χ0v) is 17.9. The van der Waals surface area contributed by atoms with Crippen LogP contribution in [0, 0.1) is 0 Å². The minimum atomic E-state index is 0. The summed E-state index contributed by atoms with van der Waals surface area (Å²) in [5, 5.41) is 15.8. The molecule has 0 unspecified atom stereocenters. The van der Waals surface area contributed by atoms with Gasteiger partial charge >= 0.3 is 0 Å². The number of aryl methyl sites for hydroxylation is 1. The first kappa shape index (κ1) is 20.3. The van der Waals surface area contributed by atoms with Gasteiger partial charge in [-0.3, -0.25) is 9.56 Å². The van der Waals surface area contributed by atoms with Crippen LogP contribution in [0.15, 0.2) is 47.8 Å². The molecule has 9 heteroatoms. The average molecular weight is 483 g/mol. The zero-order chi connectivity index (χ0) is 17.5. The van der Waals surface area contributed by atoms with Gasteiger partial charge in [-0.15, -0.1) is 45.5 Å². The van der Waals surface area contributed by atoms with Crippen LogP contribution in [-0.2, 0) is 19.5 Å². The molecule has 0 saturated carbocycles. The number of guanidine groups is 1. The number of aliphatic imine (C=N–C) groups is 1. The van der Waals surface area contributed by atoms with Gasteiger partial charge in [-0.1, -0.05) is 25.1 Å². The molecule has 2 aromatic heterocycles. The minimum Gasteiger partial charge on any atom is -0.350 e. The van der Waals surface area contributed by atoms with Crippen molar-refractivity contribution in [2.45, 2.75) is 26.4 Å². The Balaban J connectivity index is 0.00000243. The van der Waals surface area contributed by atoms with E-state index in [2.05, 4.69) is 37.7 Å². The maximum Gasteiger partial charge on any atom is 0.191 e. The maximum absolute atomic E-state index is 4.40. The van der Waals surface area contributed by atoms with E-state index in [1.54, 1.807) is 24.7 Å². The number of halogens is 1. The van der Waals surface area contributed by atoms with Gasteiger partial charge < -0.3 is 10.6 Å². The molecule has 0 spiro atoms. The van der Waals surface area contributed by atoms with Crippen LogP contribution >= 0.6 is 35.3 Å². The summed E-state index contributed by atoms with van der Waals surface area (Å²) in [6.45, 7) is 3.30. The SMILES string of the molecule is CCc1cnc(CNC(=NC)NCc2nncn2-c2ccccc2)s1.I. The highest BCUT2D eigenvalue weighted by Crippen LogP contribution is 2.12. The quantitative estimate of drug-likeness (QED) is 0.320. The van der Waals surface area contributed by atoms with Gasteiger partial charge in [-0.25, -0.2) is 4.98 Å². The Morgan fingerprint density at radius 2 is 1.96 bits per heavy atom. The van der Waals surface area contributed by atoms with Gasteiger partial charge in [0.2, 0.25) is 0 Å². The number of para-hydroxylation sites is 1. The van der Waals surface area contributed by atoms with Crippen molar-refractivity contribution in [3.63, 3.8) is 0 Å². The van der Waals surface area contributed by atoms with Crippen molar-refractivity contribution in [1.82, 2.24) is 30.4 Å². The molecule has 0 bridgehead atoms. The van der Waals surface area contributed by atoms with Crippen molar-refractivity contribution in [2.75, 3.05) is 7.05 Å². The number of rotatable bonds is 6. The number of aromatic nitrogens is 4. The molecule has 0 aliphatic carbocycles. The van der Waals surface area contributed by atoms with E-state index in [-0.39, 0.29) is 24.0 Å².